The average molecular weight is 402 g/mol. The maximum atomic E-state index is 14.1. The number of carbonyl (C=O) groups excluding carboxylic acids is 2. The number of hydrogen-bond donors (Lipinski definition) is 1. The van der Waals surface area contributed by atoms with E-state index in [9.17, 15) is 18.4 Å². The number of nitrogens with zero attached hydrogens (tertiary/aromatic N) is 1. The molecule has 1 N–H and O–H groups in total. The van der Waals surface area contributed by atoms with Crippen LogP contribution in [-0.2, 0) is 22.6 Å². The Hall–Kier alpha value is -2.76. The summed E-state index contributed by atoms with van der Waals surface area (Å²) in [5.74, 6) is -1.48. The second-order valence-corrected chi connectivity index (χ2v) is 8.08. The highest BCUT2D eigenvalue weighted by Gasteiger charge is 2.30. The van der Waals surface area contributed by atoms with Gasteiger partial charge in [-0.25, -0.2) is 8.78 Å². The smallest absolute Gasteiger partial charge is 0.243 e. The van der Waals surface area contributed by atoms with Gasteiger partial charge in [0.1, 0.15) is 17.7 Å². The molecule has 0 aromatic heterocycles. The van der Waals surface area contributed by atoms with Gasteiger partial charge in [0.15, 0.2) is 0 Å². The Kier molecular flexibility index (Phi) is 7.48. The zero-order valence-electron chi connectivity index (χ0n) is 17.3. The SMILES string of the molecule is CCC(C(=O)NC(C)(C)C)N(Cc1ccc(F)cc1)C(=O)Cc1ccccc1F. The van der Waals surface area contributed by atoms with Gasteiger partial charge in [-0.3, -0.25) is 9.59 Å². The van der Waals surface area contributed by atoms with Crippen LogP contribution in [0.4, 0.5) is 8.78 Å². The second kappa shape index (κ2) is 9.63. The van der Waals surface area contributed by atoms with Gasteiger partial charge in [-0.2, -0.15) is 0 Å². The standard InChI is InChI=1S/C23H28F2N2O2/c1-5-20(22(29)26-23(2,3)4)27(15-16-10-12-18(24)13-11-16)21(28)14-17-8-6-7-9-19(17)25/h6-13,20H,5,14-15H2,1-4H3,(H,26,29). The Balaban J connectivity index is 2.32. The second-order valence-electron chi connectivity index (χ2n) is 8.08. The Bertz CT molecular complexity index is 845. The molecule has 0 heterocycles. The molecule has 0 saturated carbocycles. The summed E-state index contributed by atoms with van der Waals surface area (Å²) in [6.07, 6.45) is 0.235. The van der Waals surface area contributed by atoms with Gasteiger partial charge in [0.05, 0.1) is 6.42 Å². The van der Waals surface area contributed by atoms with Crippen molar-refractivity contribution in [3.8, 4) is 0 Å². The van der Waals surface area contributed by atoms with Crippen LogP contribution in [-0.4, -0.2) is 28.3 Å². The number of amides is 2. The number of carbonyl (C=O) groups is 2. The van der Waals surface area contributed by atoms with Gasteiger partial charge in [0.25, 0.3) is 0 Å². The first-order valence-corrected chi connectivity index (χ1v) is 9.70. The fraction of sp³-hybridized carbons (Fsp3) is 0.391. The van der Waals surface area contributed by atoms with Gasteiger partial charge >= 0.3 is 0 Å². The van der Waals surface area contributed by atoms with E-state index in [1.807, 2.05) is 27.7 Å². The van der Waals surface area contributed by atoms with Gasteiger partial charge in [-0.15, -0.1) is 0 Å². The average Bonchev–Trinajstić information content (AvgIpc) is 2.63. The summed E-state index contributed by atoms with van der Waals surface area (Å²) < 4.78 is 27.3. The summed E-state index contributed by atoms with van der Waals surface area (Å²) in [7, 11) is 0. The third kappa shape index (κ3) is 6.66. The van der Waals surface area contributed by atoms with Gasteiger partial charge < -0.3 is 10.2 Å². The molecule has 0 aliphatic heterocycles. The molecule has 6 heteroatoms. The zero-order chi connectivity index (χ0) is 21.6. The first kappa shape index (κ1) is 22.5. The van der Waals surface area contributed by atoms with Crippen LogP contribution < -0.4 is 5.32 Å². The highest BCUT2D eigenvalue weighted by atomic mass is 19.1. The molecule has 156 valence electrons. The van der Waals surface area contributed by atoms with Crippen molar-refractivity contribution in [1.29, 1.82) is 0 Å². The lowest BCUT2D eigenvalue weighted by atomic mass is 10.0. The molecule has 0 bridgehead atoms. The summed E-state index contributed by atoms with van der Waals surface area (Å²) in [6.45, 7) is 7.54. The molecule has 0 aliphatic carbocycles. The van der Waals surface area contributed by atoms with Crippen LogP contribution in [0.2, 0.25) is 0 Å². The van der Waals surface area contributed by atoms with Gasteiger partial charge in [0, 0.05) is 12.1 Å². The van der Waals surface area contributed by atoms with E-state index in [0.29, 0.717) is 12.0 Å². The van der Waals surface area contributed by atoms with Crippen molar-refractivity contribution in [1.82, 2.24) is 10.2 Å². The number of hydrogen-bond acceptors (Lipinski definition) is 2. The maximum Gasteiger partial charge on any atom is 0.243 e. The Morgan fingerprint density at radius 2 is 1.66 bits per heavy atom. The summed E-state index contributed by atoms with van der Waals surface area (Å²) >= 11 is 0. The van der Waals surface area contributed by atoms with Crippen LogP contribution in [0.25, 0.3) is 0 Å². The number of rotatable bonds is 7. The molecule has 2 aromatic carbocycles. The minimum absolute atomic E-state index is 0.129. The number of halogens is 2. The number of nitrogens with one attached hydrogen (secondary N) is 1. The van der Waals surface area contributed by atoms with E-state index in [-0.39, 0.29) is 36.2 Å². The van der Waals surface area contributed by atoms with Crippen LogP contribution in [0.3, 0.4) is 0 Å². The molecule has 0 spiro atoms. The summed E-state index contributed by atoms with van der Waals surface area (Å²) in [5.41, 5.74) is 0.503. The molecule has 0 saturated heterocycles. The molecule has 1 unspecified atom stereocenters. The van der Waals surface area contributed by atoms with Crippen molar-refractivity contribution in [2.45, 2.75) is 58.7 Å². The van der Waals surface area contributed by atoms with Gasteiger partial charge in [0.2, 0.25) is 11.8 Å². The van der Waals surface area contributed by atoms with Crippen LogP contribution in [0.15, 0.2) is 48.5 Å². The predicted molar refractivity (Wildman–Crippen MR) is 109 cm³/mol. The first-order chi connectivity index (χ1) is 13.6. The van der Waals surface area contributed by atoms with Gasteiger partial charge in [-0.05, 0) is 56.5 Å². The van der Waals surface area contributed by atoms with Crippen LogP contribution >= 0.6 is 0 Å². The minimum atomic E-state index is -0.724. The van der Waals surface area contributed by atoms with Crippen molar-refractivity contribution in [3.05, 3.63) is 71.3 Å². The third-order valence-electron chi connectivity index (χ3n) is 4.45. The van der Waals surface area contributed by atoms with E-state index in [4.69, 9.17) is 0 Å². The highest BCUT2D eigenvalue weighted by Crippen LogP contribution is 2.17. The molecule has 0 aliphatic rings. The Morgan fingerprint density at radius 3 is 2.21 bits per heavy atom. The largest absolute Gasteiger partial charge is 0.350 e. The topological polar surface area (TPSA) is 49.4 Å². The van der Waals surface area contributed by atoms with E-state index < -0.39 is 17.4 Å². The monoisotopic (exact) mass is 402 g/mol. The highest BCUT2D eigenvalue weighted by molar-refractivity contribution is 5.88. The van der Waals surface area contributed by atoms with Crippen LogP contribution in [0.5, 0.6) is 0 Å². The van der Waals surface area contributed by atoms with Crippen molar-refractivity contribution < 1.29 is 18.4 Å². The molecule has 2 rings (SSSR count). The Labute approximate surface area is 170 Å². The van der Waals surface area contributed by atoms with Crippen molar-refractivity contribution in [2.24, 2.45) is 0 Å². The summed E-state index contributed by atoms with van der Waals surface area (Å²) in [5, 5.41) is 2.91. The molecule has 4 nitrogen and oxygen atoms in total. The summed E-state index contributed by atoms with van der Waals surface area (Å²) in [4.78, 5) is 27.4. The molecule has 0 radical (unpaired) electrons. The van der Waals surface area contributed by atoms with E-state index in [1.54, 1.807) is 30.3 Å². The quantitative estimate of drug-likeness (QED) is 0.754. The number of benzene rings is 2. The lowest BCUT2D eigenvalue weighted by Gasteiger charge is -2.33. The van der Waals surface area contributed by atoms with Crippen molar-refractivity contribution in [3.63, 3.8) is 0 Å². The van der Waals surface area contributed by atoms with E-state index in [0.717, 1.165) is 0 Å². The van der Waals surface area contributed by atoms with Crippen LogP contribution in [0.1, 0.15) is 45.2 Å². The van der Waals surface area contributed by atoms with E-state index >= 15 is 0 Å². The molecule has 2 aromatic rings. The van der Waals surface area contributed by atoms with Crippen LogP contribution in [0, 0.1) is 11.6 Å². The van der Waals surface area contributed by atoms with Crippen molar-refractivity contribution in [2.75, 3.05) is 0 Å². The molecule has 29 heavy (non-hydrogen) atoms. The minimum Gasteiger partial charge on any atom is -0.350 e. The zero-order valence-corrected chi connectivity index (χ0v) is 17.3. The normalized spacial score (nSPS) is 12.3. The molecule has 1 atom stereocenters. The fourth-order valence-corrected chi connectivity index (χ4v) is 3.07. The lowest BCUT2D eigenvalue weighted by molar-refractivity contribution is -0.141. The summed E-state index contributed by atoms with van der Waals surface area (Å²) in [6, 6.07) is 11.1. The van der Waals surface area contributed by atoms with E-state index in [1.165, 1.54) is 23.1 Å². The fourth-order valence-electron chi connectivity index (χ4n) is 3.07. The van der Waals surface area contributed by atoms with E-state index in [2.05, 4.69) is 5.32 Å². The lowest BCUT2D eigenvalue weighted by Crippen LogP contribution is -2.53. The van der Waals surface area contributed by atoms with Gasteiger partial charge in [-0.1, -0.05) is 37.3 Å². The Morgan fingerprint density at radius 1 is 1.03 bits per heavy atom. The molecule has 0 fully saturated rings. The molecular weight excluding hydrogens is 374 g/mol. The molecular formula is C23H28F2N2O2. The van der Waals surface area contributed by atoms with Crippen molar-refractivity contribution >= 4 is 11.8 Å². The maximum absolute atomic E-state index is 14.1. The predicted octanol–water partition coefficient (Wildman–Crippen LogP) is 4.23. The molecule has 2 amide bonds. The third-order valence-corrected chi connectivity index (χ3v) is 4.45. The first-order valence-electron chi connectivity index (χ1n) is 9.70.